The predicted octanol–water partition coefficient (Wildman–Crippen LogP) is 2.78. The van der Waals surface area contributed by atoms with Gasteiger partial charge in [-0.2, -0.15) is 0 Å². The molecule has 1 saturated carbocycles. The molecule has 0 saturated heterocycles. The van der Waals surface area contributed by atoms with Gasteiger partial charge in [-0.1, -0.05) is 13.3 Å². The molecule has 0 atom stereocenters. The van der Waals surface area contributed by atoms with Gasteiger partial charge in [0.05, 0.1) is 6.54 Å². The quantitative estimate of drug-likeness (QED) is 0.880. The lowest BCUT2D eigenvalue weighted by Gasteiger charge is -2.41. The lowest BCUT2D eigenvalue weighted by atomic mass is 9.67. The minimum absolute atomic E-state index is 0.129. The number of rotatable bonds is 4. The minimum Gasteiger partial charge on any atom is -0.398 e. The molecule has 0 aliphatic heterocycles. The zero-order valence-electron chi connectivity index (χ0n) is 11.8. The van der Waals surface area contributed by atoms with Crippen molar-refractivity contribution in [2.45, 2.75) is 39.2 Å². The van der Waals surface area contributed by atoms with E-state index in [1.807, 2.05) is 0 Å². The van der Waals surface area contributed by atoms with Crippen molar-refractivity contribution in [2.24, 2.45) is 5.41 Å². The fraction of sp³-hybridized carbons (Fsp3) is 0.500. The van der Waals surface area contributed by atoms with Gasteiger partial charge in [-0.05, 0) is 41.2 Å². The van der Waals surface area contributed by atoms with E-state index in [2.05, 4.69) is 22.4 Å². The Hall–Kier alpha value is -2.05. The predicted molar refractivity (Wildman–Crippen MR) is 74.2 cm³/mol. The summed E-state index contributed by atoms with van der Waals surface area (Å²) in [4.78, 5) is 0. The molecule has 21 heavy (non-hydrogen) atoms. The van der Waals surface area contributed by atoms with Crippen LogP contribution in [0.15, 0.2) is 12.1 Å². The highest BCUT2D eigenvalue weighted by molar-refractivity contribution is 5.71. The van der Waals surface area contributed by atoms with Gasteiger partial charge in [0.1, 0.15) is 0 Å². The van der Waals surface area contributed by atoms with Crippen molar-refractivity contribution in [3.8, 4) is 11.4 Å². The number of hydrogen-bond donors (Lipinski definition) is 1. The van der Waals surface area contributed by atoms with Crippen LogP contribution in [0.1, 0.15) is 32.6 Å². The van der Waals surface area contributed by atoms with E-state index in [9.17, 15) is 8.78 Å². The molecule has 0 radical (unpaired) electrons. The first-order valence-corrected chi connectivity index (χ1v) is 7.06. The number of halogens is 2. The van der Waals surface area contributed by atoms with Crippen LogP contribution >= 0.6 is 0 Å². The van der Waals surface area contributed by atoms with Gasteiger partial charge in [-0.25, -0.2) is 13.5 Å². The van der Waals surface area contributed by atoms with Crippen LogP contribution in [0.25, 0.3) is 11.4 Å². The second-order valence-electron chi connectivity index (χ2n) is 5.72. The highest BCUT2D eigenvalue weighted by atomic mass is 19.2. The zero-order chi connectivity index (χ0) is 15.0. The Bertz CT molecular complexity index is 658. The van der Waals surface area contributed by atoms with Gasteiger partial charge in [0.2, 0.25) is 0 Å². The summed E-state index contributed by atoms with van der Waals surface area (Å²) >= 11 is 0. The molecule has 1 aliphatic carbocycles. The molecule has 0 spiro atoms. The number of tetrazole rings is 1. The Morgan fingerprint density at radius 3 is 2.62 bits per heavy atom. The van der Waals surface area contributed by atoms with Crippen LogP contribution in [0.3, 0.4) is 0 Å². The van der Waals surface area contributed by atoms with Gasteiger partial charge in [-0.3, -0.25) is 0 Å². The smallest absolute Gasteiger partial charge is 0.184 e. The maximum Gasteiger partial charge on any atom is 0.184 e. The third kappa shape index (κ3) is 2.36. The Labute approximate surface area is 121 Å². The monoisotopic (exact) mass is 293 g/mol. The molecule has 1 aromatic heterocycles. The van der Waals surface area contributed by atoms with Gasteiger partial charge in [0.25, 0.3) is 0 Å². The fourth-order valence-corrected chi connectivity index (χ4v) is 2.88. The Morgan fingerprint density at radius 2 is 2.00 bits per heavy atom. The normalized spacial score (nSPS) is 16.7. The van der Waals surface area contributed by atoms with Gasteiger partial charge in [-0.15, -0.1) is 5.10 Å². The van der Waals surface area contributed by atoms with Gasteiger partial charge < -0.3 is 5.73 Å². The van der Waals surface area contributed by atoms with Gasteiger partial charge >= 0.3 is 0 Å². The zero-order valence-corrected chi connectivity index (χ0v) is 11.8. The number of aromatic nitrogens is 4. The molecule has 1 heterocycles. The summed E-state index contributed by atoms with van der Waals surface area (Å²) in [6.07, 6.45) is 4.52. The first-order chi connectivity index (χ1) is 10.0. The molecular weight excluding hydrogens is 276 g/mol. The summed E-state index contributed by atoms with van der Waals surface area (Å²) < 4.78 is 28.3. The molecule has 0 bridgehead atoms. The largest absolute Gasteiger partial charge is 0.398 e. The second-order valence-corrected chi connectivity index (χ2v) is 5.72. The maximum atomic E-state index is 13.5. The molecule has 7 heteroatoms. The Kier molecular flexibility index (Phi) is 3.35. The molecule has 2 N–H and O–H groups in total. The Balaban J connectivity index is 1.97. The van der Waals surface area contributed by atoms with Crippen molar-refractivity contribution in [1.29, 1.82) is 0 Å². The molecule has 0 unspecified atom stereocenters. The molecule has 1 fully saturated rings. The van der Waals surface area contributed by atoms with E-state index in [0.29, 0.717) is 17.9 Å². The van der Waals surface area contributed by atoms with Crippen molar-refractivity contribution in [1.82, 2.24) is 20.2 Å². The number of nitrogen functional groups attached to an aromatic ring is 1. The fourth-order valence-electron chi connectivity index (χ4n) is 2.88. The SMILES string of the molecule is CCC1(Cn2nnnc2-c2cc(F)c(F)cc2N)CCC1. The molecule has 5 nitrogen and oxygen atoms in total. The molecule has 112 valence electrons. The van der Waals surface area contributed by atoms with Crippen LogP contribution in [-0.2, 0) is 6.54 Å². The van der Waals surface area contributed by atoms with E-state index in [1.165, 1.54) is 6.42 Å². The summed E-state index contributed by atoms with van der Waals surface area (Å²) in [7, 11) is 0. The molecule has 0 amide bonds. The second kappa shape index (κ2) is 5.05. The summed E-state index contributed by atoms with van der Waals surface area (Å²) in [5.41, 5.74) is 6.44. The lowest BCUT2D eigenvalue weighted by molar-refractivity contribution is 0.0948. The summed E-state index contributed by atoms with van der Waals surface area (Å²) in [5, 5.41) is 11.6. The van der Waals surface area contributed by atoms with Crippen molar-refractivity contribution in [2.75, 3.05) is 5.73 Å². The van der Waals surface area contributed by atoms with Crippen LogP contribution in [0, 0.1) is 17.0 Å². The minimum atomic E-state index is -0.973. The van der Waals surface area contributed by atoms with Crippen molar-refractivity contribution in [3.63, 3.8) is 0 Å². The first kappa shape index (κ1) is 13.9. The topological polar surface area (TPSA) is 69.6 Å². The summed E-state index contributed by atoms with van der Waals surface area (Å²) in [6.45, 7) is 2.82. The van der Waals surface area contributed by atoms with E-state index in [1.54, 1.807) is 4.68 Å². The molecule has 1 aliphatic rings. The van der Waals surface area contributed by atoms with Crippen LogP contribution in [-0.4, -0.2) is 20.2 Å². The first-order valence-electron chi connectivity index (χ1n) is 7.06. The third-order valence-corrected chi connectivity index (χ3v) is 4.51. The number of hydrogen-bond acceptors (Lipinski definition) is 4. The van der Waals surface area contributed by atoms with Gasteiger partial charge in [0, 0.05) is 17.3 Å². The van der Waals surface area contributed by atoms with Crippen LogP contribution in [0.4, 0.5) is 14.5 Å². The van der Waals surface area contributed by atoms with Gasteiger partial charge in [0.15, 0.2) is 17.5 Å². The van der Waals surface area contributed by atoms with Crippen molar-refractivity contribution in [3.05, 3.63) is 23.8 Å². The summed E-state index contributed by atoms with van der Waals surface area (Å²) in [5.74, 6) is -1.55. The lowest BCUT2D eigenvalue weighted by Crippen LogP contribution is -2.34. The van der Waals surface area contributed by atoms with E-state index in [4.69, 9.17) is 5.73 Å². The highest BCUT2D eigenvalue weighted by Crippen LogP contribution is 2.45. The molecule has 1 aromatic carbocycles. The maximum absolute atomic E-state index is 13.5. The number of benzene rings is 1. The molecule has 2 aromatic rings. The van der Waals surface area contributed by atoms with E-state index < -0.39 is 11.6 Å². The van der Waals surface area contributed by atoms with Crippen LogP contribution in [0.2, 0.25) is 0 Å². The van der Waals surface area contributed by atoms with Crippen LogP contribution in [0.5, 0.6) is 0 Å². The third-order valence-electron chi connectivity index (χ3n) is 4.51. The van der Waals surface area contributed by atoms with E-state index in [-0.39, 0.29) is 11.1 Å². The van der Waals surface area contributed by atoms with Crippen LogP contribution < -0.4 is 5.73 Å². The average molecular weight is 293 g/mol. The average Bonchev–Trinajstić information content (AvgIpc) is 2.86. The molecular formula is C14H17F2N5. The number of nitrogens with zero attached hydrogens (tertiary/aromatic N) is 4. The number of nitrogens with two attached hydrogens (primary N) is 1. The number of anilines is 1. The van der Waals surface area contributed by atoms with E-state index >= 15 is 0 Å². The van der Waals surface area contributed by atoms with Crippen molar-refractivity contribution < 1.29 is 8.78 Å². The van der Waals surface area contributed by atoms with Crippen molar-refractivity contribution >= 4 is 5.69 Å². The Morgan fingerprint density at radius 1 is 1.29 bits per heavy atom. The highest BCUT2D eigenvalue weighted by Gasteiger charge is 2.36. The molecule has 3 rings (SSSR count). The van der Waals surface area contributed by atoms with E-state index in [0.717, 1.165) is 31.4 Å². The standard InChI is InChI=1S/C14H17F2N5/c1-2-14(4-3-5-14)8-21-13(18-19-20-21)9-6-10(15)11(16)7-12(9)17/h6-7H,2-5,8,17H2,1H3. The summed E-state index contributed by atoms with van der Waals surface area (Å²) in [6, 6.07) is 2.01.